The van der Waals surface area contributed by atoms with Crippen molar-refractivity contribution >= 4 is 16.0 Å². The number of rotatable bonds is 2. The highest BCUT2D eigenvalue weighted by Crippen LogP contribution is 2.35. The predicted octanol–water partition coefficient (Wildman–Crippen LogP) is -0.362. The lowest BCUT2D eigenvalue weighted by molar-refractivity contribution is -0.136. The molecule has 0 aromatic heterocycles. The zero-order valence-corrected chi connectivity index (χ0v) is 7.83. The fourth-order valence-electron chi connectivity index (χ4n) is 1.69. The first-order valence-electron chi connectivity index (χ1n) is 4.27. The van der Waals surface area contributed by atoms with Crippen molar-refractivity contribution in [2.45, 2.75) is 30.6 Å². The van der Waals surface area contributed by atoms with Crippen molar-refractivity contribution in [2.75, 3.05) is 6.54 Å². The van der Waals surface area contributed by atoms with Crippen LogP contribution in [0.3, 0.4) is 0 Å². The van der Waals surface area contributed by atoms with E-state index in [9.17, 15) is 13.2 Å². The van der Waals surface area contributed by atoms with Gasteiger partial charge in [-0.3, -0.25) is 4.79 Å². The highest BCUT2D eigenvalue weighted by atomic mass is 32.2. The van der Waals surface area contributed by atoms with Crippen LogP contribution >= 0.6 is 0 Å². The Bertz CT molecular complexity index is 332. The number of aliphatic carboxylic acids is 1. The van der Waals surface area contributed by atoms with Gasteiger partial charge in [-0.1, -0.05) is 0 Å². The summed E-state index contributed by atoms with van der Waals surface area (Å²) >= 11 is 0. The third-order valence-corrected chi connectivity index (χ3v) is 4.82. The highest BCUT2D eigenvalue weighted by molar-refractivity contribution is 7.90. The molecule has 6 heteroatoms. The van der Waals surface area contributed by atoms with Gasteiger partial charge in [-0.05, 0) is 19.3 Å². The number of nitrogens with zero attached hydrogens (tertiary/aromatic N) is 1. The molecule has 1 saturated heterocycles. The third-order valence-electron chi connectivity index (χ3n) is 2.53. The van der Waals surface area contributed by atoms with E-state index < -0.39 is 21.2 Å². The lowest BCUT2D eigenvalue weighted by atomic mass is 10.3. The molecule has 1 atom stereocenters. The van der Waals surface area contributed by atoms with E-state index >= 15 is 0 Å². The van der Waals surface area contributed by atoms with E-state index in [1.165, 1.54) is 4.31 Å². The molecule has 2 rings (SSSR count). The average Bonchev–Trinajstić information content (AvgIpc) is 2.75. The summed E-state index contributed by atoms with van der Waals surface area (Å²) in [4.78, 5) is 10.6. The SMILES string of the molecule is O=C(O)C1CCN(C2CC2)S1(=O)=O. The van der Waals surface area contributed by atoms with Gasteiger partial charge in [0.05, 0.1) is 0 Å². The quantitative estimate of drug-likeness (QED) is 0.668. The van der Waals surface area contributed by atoms with Crippen molar-refractivity contribution in [3.05, 3.63) is 0 Å². The lowest BCUT2D eigenvalue weighted by Crippen LogP contribution is -2.34. The van der Waals surface area contributed by atoms with Crippen molar-refractivity contribution in [1.29, 1.82) is 0 Å². The fourth-order valence-corrected chi connectivity index (χ4v) is 3.66. The molecule has 0 bridgehead atoms. The van der Waals surface area contributed by atoms with Crippen LogP contribution < -0.4 is 0 Å². The molecule has 74 valence electrons. The minimum atomic E-state index is -3.53. The summed E-state index contributed by atoms with van der Waals surface area (Å²) in [7, 11) is -3.53. The standard InChI is InChI=1S/C7H11NO4S/c9-7(10)6-3-4-8(5-1-2-5)13(6,11)12/h5-6H,1-4H2,(H,9,10). The van der Waals surface area contributed by atoms with Gasteiger partial charge in [0.2, 0.25) is 10.0 Å². The van der Waals surface area contributed by atoms with Gasteiger partial charge in [-0.2, -0.15) is 4.31 Å². The first-order chi connectivity index (χ1) is 6.03. The topological polar surface area (TPSA) is 74.7 Å². The Morgan fingerprint density at radius 2 is 1.92 bits per heavy atom. The number of sulfonamides is 1. The van der Waals surface area contributed by atoms with Crippen LogP contribution in [-0.2, 0) is 14.8 Å². The second-order valence-corrected chi connectivity index (χ2v) is 5.57. The van der Waals surface area contributed by atoms with E-state index in [1.807, 2.05) is 0 Å². The molecule has 0 aromatic rings. The smallest absolute Gasteiger partial charge is 0.323 e. The summed E-state index contributed by atoms with van der Waals surface area (Å²) in [5, 5.41) is 7.46. The first-order valence-corrected chi connectivity index (χ1v) is 5.77. The second-order valence-electron chi connectivity index (χ2n) is 3.50. The highest BCUT2D eigenvalue weighted by Gasteiger charge is 2.49. The minimum absolute atomic E-state index is 0.0920. The normalized spacial score (nSPS) is 33.4. The number of carboxylic acids is 1. The Kier molecular flexibility index (Phi) is 1.85. The van der Waals surface area contributed by atoms with Crippen molar-refractivity contribution in [1.82, 2.24) is 4.31 Å². The molecule has 1 aliphatic carbocycles. The summed E-state index contributed by atoms with van der Waals surface area (Å²) in [6, 6.07) is 0.0920. The van der Waals surface area contributed by atoms with Crippen LogP contribution in [0, 0.1) is 0 Å². The summed E-state index contributed by atoms with van der Waals surface area (Å²) in [6.07, 6.45) is 1.99. The minimum Gasteiger partial charge on any atom is -0.480 e. The molecule has 1 unspecified atom stereocenters. The molecule has 0 aromatic carbocycles. The summed E-state index contributed by atoms with van der Waals surface area (Å²) in [5.41, 5.74) is 0. The Labute approximate surface area is 76.4 Å². The van der Waals surface area contributed by atoms with E-state index in [0.29, 0.717) is 6.54 Å². The number of hydrogen-bond donors (Lipinski definition) is 1. The van der Waals surface area contributed by atoms with Crippen molar-refractivity contribution in [3.8, 4) is 0 Å². The molecular weight excluding hydrogens is 194 g/mol. The van der Waals surface area contributed by atoms with Crippen molar-refractivity contribution < 1.29 is 18.3 Å². The van der Waals surface area contributed by atoms with Crippen LogP contribution in [0.5, 0.6) is 0 Å². The zero-order chi connectivity index (χ0) is 9.64. The monoisotopic (exact) mass is 205 g/mol. The number of hydrogen-bond acceptors (Lipinski definition) is 3. The molecule has 2 fully saturated rings. The Balaban J connectivity index is 2.25. The van der Waals surface area contributed by atoms with E-state index in [2.05, 4.69) is 0 Å². The zero-order valence-electron chi connectivity index (χ0n) is 7.01. The van der Waals surface area contributed by atoms with Crippen LogP contribution in [0.15, 0.2) is 0 Å². The van der Waals surface area contributed by atoms with Gasteiger partial charge in [-0.25, -0.2) is 8.42 Å². The van der Waals surface area contributed by atoms with Gasteiger partial charge in [-0.15, -0.1) is 0 Å². The second kappa shape index (κ2) is 2.68. The van der Waals surface area contributed by atoms with E-state index in [-0.39, 0.29) is 12.5 Å². The number of carbonyl (C=O) groups is 1. The van der Waals surface area contributed by atoms with Gasteiger partial charge in [0.1, 0.15) is 0 Å². The first kappa shape index (κ1) is 8.96. The fraction of sp³-hybridized carbons (Fsp3) is 0.857. The summed E-state index contributed by atoms with van der Waals surface area (Å²) in [6.45, 7) is 0.379. The molecule has 1 N–H and O–H groups in total. The Morgan fingerprint density at radius 1 is 1.31 bits per heavy atom. The molecule has 2 aliphatic rings. The van der Waals surface area contributed by atoms with Gasteiger partial charge in [0, 0.05) is 12.6 Å². The van der Waals surface area contributed by atoms with Crippen molar-refractivity contribution in [3.63, 3.8) is 0 Å². The maximum atomic E-state index is 11.6. The van der Waals surface area contributed by atoms with Crippen LogP contribution in [0.1, 0.15) is 19.3 Å². The van der Waals surface area contributed by atoms with Gasteiger partial charge in [0.15, 0.2) is 5.25 Å². The lowest BCUT2D eigenvalue weighted by Gasteiger charge is -2.13. The molecular formula is C7H11NO4S. The molecule has 0 radical (unpaired) electrons. The molecule has 0 amide bonds. The van der Waals surface area contributed by atoms with E-state index in [1.54, 1.807) is 0 Å². The molecule has 0 spiro atoms. The average molecular weight is 205 g/mol. The summed E-state index contributed by atoms with van der Waals surface area (Å²) < 4.78 is 24.5. The van der Waals surface area contributed by atoms with Crippen LogP contribution in [0.2, 0.25) is 0 Å². The third kappa shape index (κ3) is 1.34. The maximum absolute atomic E-state index is 11.6. The Morgan fingerprint density at radius 3 is 2.31 bits per heavy atom. The molecule has 1 saturated carbocycles. The van der Waals surface area contributed by atoms with Gasteiger partial charge >= 0.3 is 5.97 Å². The van der Waals surface area contributed by atoms with Crippen LogP contribution in [0.25, 0.3) is 0 Å². The largest absolute Gasteiger partial charge is 0.480 e. The summed E-state index contributed by atoms with van der Waals surface area (Å²) in [5.74, 6) is -1.22. The van der Waals surface area contributed by atoms with Gasteiger partial charge in [0.25, 0.3) is 0 Å². The molecule has 5 nitrogen and oxygen atoms in total. The van der Waals surface area contributed by atoms with E-state index in [4.69, 9.17) is 5.11 Å². The predicted molar refractivity (Wildman–Crippen MR) is 44.7 cm³/mol. The Hall–Kier alpha value is -0.620. The number of carboxylic acid groups (broad SMARTS) is 1. The van der Waals surface area contributed by atoms with Gasteiger partial charge < -0.3 is 5.11 Å². The van der Waals surface area contributed by atoms with Crippen LogP contribution in [0.4, 0.5) is 0 Å². The van der Waals surface area contributed by atoms with Crippen molar-refractivity contribution in [2.24, 2.45) is 0 Å². The van der Waals surface area contributed by atoms with Crippen LogP contribution in [-0.4, -0.2) is 41.6 Å². The molecule has 13 heavy (non-hydrogen) atoms. The molecule has 1 heterocycles. The molecule has 1 aliphatic heterocycles. The van der Waals surface area contributed by atoms with E-state index in [0.717, 1.165) is 12.8 Å². The maximum Gasteiger partial charge on any atom is 0.323 e.